The number of carboxylic acids is 2. The summed E-state index contributed by atoms with van der Waals surface area (Å²) in [7, 11) is 0. The van der Waals surface area contributed by atoms with Crippen LogP contribution in [-0.4, -0.2) is 22.2 Å². The van der Waals surface area contributed by atoms with Crippen LogP contribution in [0.15, 0.2) is 11.6 Å². The zero-order valence-corrected chi connectivity index (χ0v) is 9.19. The molecular formula is C11H18O4. The Hall–Kier alpha value is -1.32. The molecule has 4 heteroatoms. The molecule has 0 aliphatic carbocycles. The van der Waals surface area contributed by atoms with E-state index >= 15 is 0 Å². The molecule has 0 aromatic carbocycles. The molecule has 86 valence electrons. The van der Waals surface area contributed by atoms with Gasteiger partial charge in [-0.3, -0.25) is 4.79 Å². The van der Waals surface area contributed by atoms with Gasteiger partial charge in [0.25, 0.3) is 0 Å². The van der Waals surface area contributed by atoms with Gasteiger partial charge in [-0.05, 0) is 19.8 Å². The molecule has 0 saturated heterocycles. The number of rotatable bonds is 7. The summed E-state index contributed by atoms with van der Waals surface area (Å²) in [5.41, 5.74) is -0.0152. The van der Waals surface area contributed by atoms with Crippen LogP contribution >= 0.6 is 0 Å². The maximum absolute atomic E-state index is 10.8. The Morgan fingerprint density at radius 3 is 2.27 bits per heavy atom. The summed E-state index contributed by atoms with van der Waals surface area (Å²) in [5, 5.41) is 17.5. The quantitative estimate of drug-likeness (QED) is 0.503. The Bertz CT molecular complexity index is 255. The van der Waals surface area contributed by atoms with Gasteiger partial charge >= 0.3 is 11.9 Å². The predicted octanol–water partition coefficient (Wildman–Crippen LogP) is 2.30. The molecule has 0 aromatic heterocycles. The van der Waals surface area contributed by atoms with Gasteiger partial charge < -0.3 is 10.2 Å². The van der Waals surface area contributed by atoms with Crippen LogP contribution in [0.4, 0.5) is 0 Å². The number of carboxylic acid groups (broad SMARTS) is 2. The summed E-state index contributed by atoms with van der Waals surface area (Å²) < 4.78 is 0. The lowest BCUT2D eigenvalue weighted by Crippen LogP contribution is -2.18. The first-order valence-corrected chi connectivity index (χ1v) is 5.16. The lowest BCUT2D eigenvalue weighted by Gasteiger charge is -2.07. The van der Waals surface area contributed by atoms with Gasteiger partial charge in [-0.15, -0.1) is 0 Å². The summed E-state index contributed by atoms with van der Waals surface area (Å²) >= 11 is 0. The van der Waals surface area contributed by atoms with Crippen molar-refractivity contribution in [3.8, 4) is 0 Å². The molecule has 0 fully saturated rings. The Balaban J connectivity index is 4.38. The third-order valence-corrected chi connectivity index (χ3v) is 2.26. The van der Waals surface area contributed by atoms with Crippen LogP contribution in [0.25, 0.3) is 0 Å². The molecule has 0 spiro atoms. The van der Waals surface area contributed by atoms with Gasteiger partial charge in [0.1, 0.15) is 0 Å². The molecule has 0 aliphatic heterocycles. The summed E-state index contributed by atoms with van der Waals surface area (Å²) in [4.78, 5) is 21.4. The van der Waals surface area contributed by atoms with Crippen LogP contribution in [-0.2, 0) is 9.59 Å². The van der Waals surface area contributed by atoms with Gasteiger partial charge in [0.15, 0.2) is 0 Å². The van der Waals surface area contributed by atoms with E-state index in [-0.39, 0.29) is 5.57 Å². The van der Waals surface area contributed by atoms with E-state index in [0.717, 1.165) is 19.3 Å². The van der Waals surface area contributed by atoms with Gasteiger partial charge in [-0.1, -0.05) is 25.8 Å². The normalized spacial score (nSPS) is 13.6. The van der Waals surface area contributed by atoms with Gasteiger partial charge in [-0.2, -0.15) is 0 Å². The van der Waals surface area contributed by atoms with E-state index in [4.69, 9.17) is 10.2 Å². The number of allylic oxidation sites excluding steroid dienone is 1. The predicted molar refractivity (Wildman–Crippen MR) is 56.7 cm³/mol. The lowest BCUT2D eigenvalue weighted by atomic mass is 9.99. The zero-order chi connectivity index (χ0) is 11.8. The molecule has 2 N–H and O–H groups in total. The van der Waals surface area contributed by atoms with Crippen LogP contribution in [0, 0.1) is 5.92 Å². The number of aliphatic carboxylic acids is 2. The first-order chi connectivity index (χ1) is 7.00. The molecule has 0 aromatic rings. The first-order valence-electron chi connectivity index (χ1n) is 5.16. The standard InChI is InChI=1S/C11H18O4/c1-3-4-5-6-7-9(11(14)15)8(2)10(12)13/h7-8H,3-6H2,1-2H3,(H,12,13)(H,14,15)/t8-/m0/s1. The molecule has 0 saturated carbocycles. The van der Waals surface area contributed by atoms with E-state index in [9.17, 15) is 9.59 Å². The second-order valence-corrected chi connectivity index (χ2v) is 3.52. The van der Waals surface area contributed by atoms with Crippen LogP contribution < -0.4 is 0 Å². The molecule has 1 atom stereocenters. The summed E-state index contributed by atoms with van der Waals surface area (Å²) in [5.74, 6) is -3.18. The van der Waals surface area contributed by atoms with Crippen molar-refractivity contribution in [3.63, 3.8) is 0 Å². The fourth-order valence-corrected chi connectivity index (χ4v) is 1.23. The maximum Gasteiger partial charge on any atom is 0.332 e. The zero-order valence-electron chi connectivity index (χ0n) is 9.19. The van der Waals surface area contributed by atoms with E-state index in [1.54, 1.807) is 0 Å². The number of hydrogen-bond acceptors (Lipinski definition) is 2. The molecule has 0 heterocycles. The summed E-state index contributed by atoms with van der Waals surface area (Å²) in [6.07, 6.45) is 5.15. The highest BCUT2D eigenvalue weighted by Gasteiger charge is 2.21. The minimum Gasteiger partial charge on any atom is -0.481 e. The van der Waals surface area contributed by atoms with Crippen LogP contribution in [0.5, 0.6) is 0 Å². The molecule has 0 bridgehead atoms. The molecule has 0 unspecified atom stereocenters. The lowest BCUT2D eigenvalue weighted by molar-refractivity contribution is -0.143. The Kier molecular flexibility index (Phi) is 6.42. The second-order valence-electron chi connectivity index (χ2n) is 3.52. The minimum atomic E-state index is -1.14. The highest BCUT2D eigenvalue weighted by Crippen LogP contribution is 2.13. The summed E-state index contributed by atoms with van der Waals surface area (Å²) in [6.45, 7) is 3.45. The molecule has 0 amide bonds. The van der Waals surface area contributed by atoms with Crippen molar-refractivity contribution in [2.45, 2.75) is 39.5 Å². The Labute approximate surface area is 89.6 Å². The van der Waals surface area contributed by atoms with Crippen molar-refractivity contribution >= 4 is 11.9 Å². The van der Waals surface area contributed by atoms with Gasteiger partial charge in [0.2, 0.25) is 0 Å². The fraction of sp³-hybridized carbons (Fsp3) is 0.636. The van der Waals surface area contributed by atoms with E-state index < -0.39 is 17.9 Å². The molecule has 15 heavy (non-hydrogen) atoms. The molecule has 0 aliphatic rings. The van der Waals surface area contributed by atoms with Crippen LogP contribution in [0.2, 0.25) is 0 Å². The van der Waals surface area contributed by atoms with Crippen LogP contribution in [0.3, 0.4) is 0 Å². The van der Waals surface area contributed by atoms with Crippen LogP contribution in [0.1, 0.15) is 39.5 Å². The first kappa shape index (κ1) is 13.7. The third kappa shape index (κ3) is 5.20. The third-order valence-electron chi connectivity index (χ3n) is 2.26. The van der Waals surface area contributed by atoms with Gasteiger partial charge in [-0.25, -0.2) is 4.79 Å². The average molecular weight is 214 g/mol. The molecular weight excluding hydrogens is 196 g/mol. The summed E-state index contributed by atoms with van der Waals surface area (Å²) in [6, 6.07) is 0. The SMILES string of the molecule is CCCCCC=C(C(=O)O)[C@H](C)C(=O)O. The topological polar surface area (TPSA) is 74.6 Å². The monoisotopic (exact) mass is 214 g/mol. The average Bonchev–Trinajstić information content (AvgIpc) is 2.16. The van der Waals surface area contributed by atoms with Gasteiger partial charge in [0, 0.05) is 5.57 Å². The van der Waals surface area contributed by atoms with E-state index in [0.29, 0.717) is 6.42 Å². The van der Waals surface area contributed by atoms with Crippen molar-refractivity contribution in [1.29, 1.82) is 0 Å². The van der Waals surface area contributed by atoms with Crippen molar-refractivity contribution in [1.82, 2.24) is 0 Å². The Morgan fingerprint density at radius 1 is 1.27 bits per heavy atom. The Morgan fingerprint density at radius 2 is 1.87 bits per heavy atom. The van der Waals surface area contributed by atoms with E-state index in [1.165, 1.54) is 13.0 Å². The molecule has 4 nitrogen and oxygen atoms in total. The second kappa shape index (κ2) is 7.04. The van der Waals surface area contributed by atoms with Crippen molar-refractivity contribution in [3.05, 3.63) is 11.6 Å². The minimum absolute atomic E-state index is 0.0152. The molecule has 0 rings (SSSR count). The van der Waals surface area contributed by atoms with Crippen molar-refractivity contribution in [2.75, 3.05) is 0 Å². The number of unbranched alkanes of at least 4 members (excludes halogenated alkanes) is 3. The highest BCUT2D eigenvalue weighted by molar-refractivity contribution is 5.93. The maximum atomic E-state index is 10.8. The highest BCUT2D eigenvalue weighted by atomic mass is 16.4. The van der Waals surface area contributed by atoms with E-state index in [1.807, 2.05) is 0 Å². The number of carbonyl (C=O) groups is 2. The molecule has 0 radical (unpaired) electrons. The van der Waals surface area contributed by atoms with Gasteiger partial charge in [0.05, 0.1) is 5.92 Å². The van der Waals surface area contributed by atoms with E-state index in [2.05, 4.69) is 6.92 Å². The van der Waals surface area contributed by atoms with Crippen molar-refractivity contribution < 1.29 is 19.8 Å². The van der Waals surface area contributed by atoms with Crippen molar-refractivity contribution in [2.24, 2.45) is 5.92 Å². The number of hydrogen-bond donors (Lipinski definition) is 2. The fourth-order valence-electron chi connectivity index (χ4n) is 1.23. The largest absolute Gasteiger partial charge is 0.481 e. The smallest absolute Gasteiger partial charge is 0.332 e.